The standard InChI is InChI=1S/C14H28N6/c1-15-10-14-12-20(17-16-14)9-8-19-6-4-13(5-7-19)11-18(2)3/h12-13,15H,4-11H2,1-3H3. The zero-order valence-corrected chi connectivity index (χ0v) is 13.0. The van der Waals surface area contributed by atoms with Gasteiger partial charge in [-0.15, -0.1) is 5.10 Å². The maximum Gasteiger partial charge on any atom is 0.0964 e. The molecule has 1 aromatic rings. The minimum Gasteiger partial charge on any atom is -0.314 e. The first kappa shape index (κ1) is 15.4. The van der Waals surface area contributed by atoms with E-state index in [1.54, 1.807) is 0 Å². The van der Waals surface area contributed by atoms with E-state index in [-0.39, 0.29) is 0 Å². The molecular formula is C14H28N6. The van der Waals surface area contributed by atoms with E-state index in [0.717, 1.165) is 31.2 Å². The number of nitrogens with one attached hydrogen (secondary N) is 1. The third-order valence-corrected chi connectivity index (χ3v) is 3.92. The smallest absolute Gasteiger partial charge is 0.0964 e. The lowest BCUT2D eigenvalue weighted by Gasteiger charge is -2.33. The topological polar surface area (TPSA) is 49.2 Å². The Hall–Kier alpha value is -0.980. The molecule has 1 aliphatic rings. The van der Waals surface area contributed by atoms with Gasteiger partial charge in [0.05, 0.1) is 12.2 Å². The van der Waals surface area contributed by atoms with Crippen LogP contribution in [0.4, 0.5) is 0 Å². The molecular weight excluding hydrogens is 252 g/mol. The third-order valence-electron chi connectivity index (χ3n) is 3.92. The van der Waals surface area contributed by atoms with E-state index in [1.807, 2.05) is 17.9 Å². The van der Waals surface area contributed by atoms with Crippen LogP contribution < -0.4 is 5.32 Å². The Morgan fingerprint density at radius 1 is 1.30 bits per heavy atom. The van der Waals surface area contributed by atoms with Crippen LogP contribution in [0.5, 0.6) is 0 Å². The molecule has 2 heterocycles. The van der Waals surface area contributed by atoms with Gasteiger partial charge in [0.15, 0.2) is 0 Å². The largest absolute Gasteiger partial charge is 0.314 e. The maximum absolute atomic E-state index is 4.17. The number of hydrogen-bond acceptors (Lipinski definition) is 5. The lowest BCUT2D eigenvalue weighted by molar-refractivity contribution is 0.157. The molecule has 1 saturated heterocycles. The summed E-state index contributed by atoms with van der Waals surface area (Å²) in [6.45, 7) is 6.47. The summed E-state index contributed by atoms with van der Waals surface area (Å²) >= 11 is 0. The molecule has 0 amide bonds. The second-order valence-corrected chi connectivity index (χ2v) is 6.05. The van der Waals surface area contributed by atoms with E-state index in [2.05, 4.69) is 39.5 Å². The summed E-state index contributed by atoms with van der Waals surface area (Å²) in [4.78, 5) is 4.85. The Balaban J connectivity index is 1.67. The quantitative estimate of drug-likeness (QED) is 0.777. The van der Waals surface area contributed by atoms with Gasteiger partial charge in [0.25, 0.3) is 0 Å². The Morgan fingerprint density at radius 3 is 2.70 bits per heavy atom. The summed E-state index contributed by atoms with van der Waals surface area (Å²) in [5.74, 6) is 0.870. The van der Waals surface area contributed by atoms with Crippen molar-refractivity contribution < 1.29 is 0 Å². The Kier molecular flexibility index (Phi) is 5.94. The first-order valence-corrected chi connectivity index (χ1v) is 7.58. The SMILES string of the molecule is CNCc1cn(CCN2CCC(CN(C)C)CC2)nn1. The molecule has 0 aromatic carbocycles. The summed E-state index contributed by atoms with van der Waals surface area (Å²) in [5, 5.41) is 11.4. The van der Waals surface area contributed by atoms with Crippen molar-refractivity contribution in [3.8, 4) is 0 Å². The first-order valence-electron chi connectivity index (χ1n) is 7.58. The number of rotatable bonds is 7. The Morgan fingerprint density at radius 2 is 2.05 bits per heavy atom. The summed E-state index contributed by atoms with van der Waals surface area (Å²) < 4.78 is 1.96. The summed E-state index contributed by atoms with van der Waals surface area (Å²) in [7, 11) is 6.26. The van der Waals surface area contributed by atoms with Gasteiger partial charge < -0.3 is 15.1 Å². The van der Waals surface area contributed by atoms with Crippen LogP contribution in [0.15, 0.2) is 6.20 Å². The van der Waals surface area contributed by atoms with Crippen molar-refractivity contribution >= 4 is 0 Å². The highest BCUT2D eigenvalue weighted by Crippen LogP contribution is 2.17. The molecule has 0 atom stereocenters. The monoisotopic (exact) mass is 280 g/mol. The van der Waals surface area contributed by atoms with Crippen molar-refractivity contribution in [3.63, 3.8) is 0 Å². The highest BCUT2D eigenvalue weighted by atomic mass is 15.4. The van der Waals surface area contributed by atoms with Crippen LogP contribution in [0.25, 0.3) is 0 Å². The van der Waals surface area contributed by atoms with E-state index in [4.69, 9.17) is 0 Å². The van der Waals surface area contributed by atoms with E-state index in [1.165, 1.54) is 32.5 Å². The number of hydrogen-bond donors (Lipinski definition) is 1. The summed E-state index contributed by atoms with van der Waals surface area (Å²) in [6.07, 6.45) is 4.68. The predicted octanol–water partition coefficient (Wildman–Crippen LogP) is 0.271. The number of piperidine rings is 1. The van der Waals surface area contributed by atoms with Gasteiger partial charge in [0.2, 0.25) is 0 Å². The zero-order valence-electron chi connectivity index (χ0n) is 13.0. The van der Waals surface area contributed by atoms with E-state index >= 15 is 0 Å². The number of likely N-dealkylation sites (tertiary alicyclic amines) is 1. The van der Waals surface area contributed by atoms with Gasteiger partial charge >= 0.3 is 0 Å². The van der Waals surface area contributed by atoms with Crippen molar-refractivity contribution in [2.24, 2.45) is 5.92 Å². The average molecular weight is 280 g/mol. The van der Waals surface area contributed by atoms with Crippen molar-refractivity contribution in [3.05, 3.63) is 11.9 Å². The fraction of sp³-hybridized carbons (Fsp3) is 0.857. The van der Waals surface area contributed by atoms with E-state index in [0.29, 0.717) is 0 Å². The minimum absolute atomic E-state index is 0.788. The minimum atomic E-state index is 0.788. The molecule has 0 aliphatic carbocycles. The zero-order chi connectivity index (χ0) is 14.4. The molecule has 114 valence electrons. The van der Waals surface area contributed by atoms with Gasteiger partial charge in [-0.25, -0.2) is 0 Å². The van der Waals surface area contributed by atoms with Gasteiger partial charge in [-0.3, -0.25) is 4.68 Å². The normalized spacial score (nSPS) is 18.0. The molecule has 0 bridgehead atoms. The highest BCUT2D eigenvalue weighted by molar-refractivity contribution is 4.91. The van der Waals surface area contributed by atoms with Crippen LogP contribution in [-0.4, -0.2) is 72.1 Å². The predicted molar refractivity (Wildman–Crippen MR) is 80.5 cm³/mol. The number of aromatic nitrogens is 3. The number of nitrogens with zero attached hydrogens (tertiary/aromatic N) is 5. The van der Waals surface area contributed by atoms with Crippen LogP contribution in [0.1, 0.15) is 18.5 Å². The van der Waals surface area contributed by atoms with E-state index in [9.17, 15) is 0 Å². The molecule has 2 rings (SSSR count). The third kappa shape index (κ3) is 4.85. The van der Waals surface area contributed by atoms with Crippen molar-refractivity contribution in [1.29, 1.82) is 0 Å². The van der Waals surface area contributed by atoms with Crippen LogP contribution >= 0.6 is 0 Å². The molecule has 6 heteroatoms. The van der Waals surface area contributed by atoms with Crippen molar-refractivity contribution in [2.75, 3.05) is 47.3 Å². The van der Waals surface area contributed by atoms with Gasteiger partial charge in [-0.2, -0.15) is 0 Å². The van der Waals surface area contributed by atoms with E-state index < -0.39 is 0 Å². The Labute approximate surface area is 122 Å². The second kappa shape index (κ2) is 7.71. The maximum atomic E-state index is 4.17. The van der Waals surface area contributed by atoms with Gasteiger partial charge in [0, 0.05) is 25.8 Å². The molecule has 0 spiro atoms. The van der Waals surface area contributed by atoms with Crippen LogP contribution in [0.3, 0.4) is 0 Å². The van der Waals surface area contributed by atoms with Gasteiger partial charge in [-0.05, 0) is 53.0 Å². The fourth-order valence-corrected chi connectivity index (χ4v) is 2.86. The molecule has 0 saturated carbocycles. The molecule has 1 N–H and O–H groups in total. The summed E-state index contributed by atoms with van der Waals surface area (Å²) in [6, 6.07) is 0. The second-order valence-electron chi connectivity index (χ2n) is 6.05. The average Bonchev–Trinajstić information content (AvgIpc) is 2.86. The first-order chi connectivity index (χ1) is 9.67. The van der Waals surface area contributed by atoms with Crippen LogP contribution in [0.2, 0.25) is 0 Å². The van der Waals surface area contributed by atoms with Gasteiger partial charge in [0.1, 0.15) is 0 Å². The van der Waals surface area contributed by atoms with Crippen LogP contribution in [-0.2, 0) is 13.1 Å². The van der Waals surface area contributed by atoms with Crippen molar-refractivity contribution in [2.45, 2.75) is 25.9 Å². The molecule has 1 fully saturated rings. The molecule has 20 heavy (non-hydrogen) atoms. The molecule has 0 radical (unpaired) electrons. The van der Waals surface area contributed by atoms with Gasteiger partial charge in [-0.1, -0.05) is 5.21 Å². The fourth-order valence-electron chi connectivity index (χ4n) is 2.86. The lowest BCUT2D eigenvalue weighted by atomic mass is 9.96. The molecule has 1 aliphatic heterocycles. The lowest BCUT2D eigenvalue weighted by Crippen LogP contribution is -2.38. The summed E-state index contributed by atoms with van der Waals surface area (Å²) in [5.41, 5.74) is 1.01. The van der Waals surface area contributed by atoms with Crippen LogP contribution in [0, 0.1) is 5.92 Å². The van der Waals surface area contributed by atoms with Crippen molar-refractivity contribution in [1.82, 2.24) is 30.1 Å². The molecule has 6 nitrogen and oxygen atoms in total. The Bertz CT molecular complexity index is 381. The highest BCUT2D eigenvalue weighted by Gasteiger charge is 2.19. The molecule has 0 unspecified atom stereocenters. The molecule has 1 aromatic heterocycles.